The predicted molar refractivity (Wildman–Crippen MR) is 63.1 cm³/mol. The Kier molecular flexibility index (Phi) is 5.48. The van der Waals surface area contributed by atoms with E-state index in [0.717, 1.165) is 12.8 Å². The standard InChI is InChI=1S/C12H23NO3/c1-6-7-9(4)10(14)13-12(5,8(2)3)11(15)16/h8-9H,6-7H2,1-5H3,(H,13,14)(H,15,16). The van der Waals surface area contributed by atoms with Gasteiger partial charge in [-0.05, 0) is 19.3 Å². The summed E-state index contributed by atoms with van der Waals surface area (Å²) in [5.74, 6) is -1.45. The van der Waals surface area contributed by atoms with E-state index in [9.17, 15) is 9.59 Å². The monoisotopic (exact) mass is 229 g/mol. The minimum atomic E-state index is -1.18. The van der Waals surface area contributed by atoms with Crippen molar-refractivity contribution in [3.05, 3.63) is 0 Å². The lowest BCUT2D eigenvalue weighted by atomic mass is 9.87. The molecule has 16 heavy (non-hydrogen) atoms. The molecule has 0 saturated heterocycles. The zero-order valence-electron chi connectivity index (χ0n) is 10.8. The fourth-order valence-electron chi connectivity index (χ4n) is 1.39. The first-order chi connectivity index (χ1) is 7.25. The highest BCUT2D eigenvalue weighted by Gasteiger charge is 2.38. The molecule has 0 heterocycles. The van der Waals surface area contributed by atoms with Crippen LogP contribution in [0.2, 0.25) is 0 Å². The lowest BCUT2D eigenvalue weighted by molar-refractivity contribution is -0.149. The fraction of sp³-hybridized carbons (Fsp3) is 0.833. The Morgan fingerprint density at radius 3 is 2.12 bits per heavy atom. The first kappa shape index (κ1) is 14.9. The summed E-state index contributed by atoms with van der Waals surface area (Å²) in [5.41, 5.74) is -1.18. The Morgan fingerprint density at radius 2 is 1.81 bits per heavy atom. The van der Waals surface area contributed by atoms with Crippen molar-refractivity contribution < 1.29 is 14.7 Å². The van der Waals surface area contributed by atoms with Gasteiger partial charge in [-0.25, -0.2) is 4.79 Å². The normalized spacial score (nSPS) is 16.6. The quantitative estimate of drug-likeness (QED) is 0.732. The van der Waals surface area contributed by atoms with Crippen LogP contribution in [-0.4, -0.2) is 22.5 Å². The third kappa shape index (κ3) is 3.51. The van der Waals surface area contributed by atoms with E-state index in [2.05, 4.69) is 5.32 Å². The van der Waals surface area contributed by atoms with Gasteiger partial charge in [0.05, 0.1) is 0 Å². The lowest BCUT2D eigenvalue weighted by Crippen LogP contribution is -2.57. The molecule has 4 nitrogen and oxygen atoms in total. The minimum absolute atomic E-state index is 0.137. The predicted octanol–water partition coefficient (Wildman–Crippen LogP) is 2.04. The van der Waals surface area contributed by atoms with Crippen molar-refractivity contribution in [2.75, 3.05) is 0 Å². The summed E-state index contributed by atoms with van der Waals surface area (Å²) in [5, 5.41) is 11.8. The molecule has 0 aliphatic carbocycles. The summed E-state index contributed by atoms with van der Waals surface area (Å²) in [6.45, 7) is 8.96. The number of carbonyl (C=O) groups is 2. The van der Waals surface area contributed by atoms with E-state index in [1.54, 1.807) is 20.8 Å². The average Bonchev–Trinajstić information content (AvgIpc) is 2.17. The second kappa shape index (κ2) is 5.87. The molecular weight excluding hydrogens is 206 g/mol. The summed E-state index contributed by atoms with van der Waals surface area (Å²) >= 11 is 0. The van der Waals surface area contributed by atoms with Gasteiger partial charge in [-0.2, -0.15) is 0 Å². The number of hydrogen-bond acceptors (Lipinski definition) is 2. The number of carboxylic acid groups (broad SMARTS) is 1. The van der Waals surface area contributed by atoms with Crippen LogP contribution in [0.4, 0.5) is 0 Å². The lowest BCUT2D eigenvalue weighted by Gasteiger charge is -2.31. The molecule has 0 aliphatic heterocycles. The summed E-state index contributed by atoms with van der Waals surface area (Å²) < 4.78 is 0. The van der Waals surface area contributed by atoms with Crippen LogP contribution in [0.1, 0.15) is 47.5 Å². The van der Waals surface area contributed by atoms with Crippen LogP contribution in [-0.2, 0) is 9.59 Å². The Morgan fingerprint density at radius 1 is 1.31 bits per heavy atom. The number of rotatable bonds is 6. The number of hydrogen-bond donors (Lipinski definition) is 2. The molecule has 0 saturated carbocycles. The molecule has 0 fully saturated rings. The van der Waals surface area contributed by atoms with Crippen molar-refractivity contribution >= 4 is 11.9 Å². The van der Waals surface area contributed by atoms with Gasteiger partial charge in [0, 0.05) is 5.92 Å². The molecular formula is C12H23NO3. The molecule has 0 bridgehead atoms. The van der Waals surface area contributed by atoms with E-state index >= 15 is 0 Å². The molecule has 2 N–H and O–H groups in total. The molecule has 2 atom stereocenters. The highest BCUT2D eigenvalue weighted by atomic mass is 16.4. The summed E-state index contributed by atoms with van der Waals surface area (Å²) in [6, 6.07) is 0. The SMILES string of the molecule is CCCC(C)C(=O)NC(C)(C(=O)O)C(C)C. The largest absolute Gasteiger partial charge is 0.480 e. The summed E-state index contributed by atoms with van der Waals surface area (Å²) in [4.78, 5) is 22.9. The third-order valence-corrected chi connectivity index (χ3v) is 3.15. The fourth-order valence-corrected chi connectivity index (χ4v) is 1.39. The number of carbonyl (C=O) groups excluding carboxylic acids is 1. The van der Waals surface area contributed by atoms with E-state index in [-0.39, 0.29) is 17.7 Å². The van der Waals surface area contributed by atoms with Gasteiger partial charge in [-0.1, -0.05) is 34.1 Å². The second-order valence-electron chi connectivity index (χ2n) is 4.84. The minimum Gasteiger partial charge on any atom is -0.480 e. The first-order valence-corrected chi connectivity index (χ1v) is 5.81. The Bertz CT molecular complexity index is 263. The van der Waals surface area contributed by atoms with Gasteiger partial charge in [0.25, 0.3) is 0 Å². The van der Waals surface area contributed by atoms with E-state index in [1.807, 2.05) is 13.8 Å². The highest BCUT2D eigenvalue weighted by Crippen LogP contribution is 2.18. The maximum absolute atomic E-state index is 11.8. The van der Waals surface area contributed by atoms with E-state index in [0.29, 0.717) is 0 Å². The second-order valence-corrected chi connectivity index (χ2v) is 4.84. The number of nitrogens with one attached hydrogen (secondary N) is 1. The molecule has 0 aliphatic rings. The first-order valence-electron chi connectivity index (χ1n) is 5.81. The molecule has 0 spiro atoms. The van der Waals surface area contributed by atoms with Gasteiger partial charge < -0.3 is 10.4 Å². The Hall–Kier alpha value is -1.06. The zero-order valence-corrected chi connectivity index (χ0v) is 10.8. The van der Waals surface area contributed by atoms with Crippen molar-refractivity contribution in [3.8, 4) is 0 Å². The van der Waals surface area contributed by atoms with Crippen molar-refractivity contribution in [3.63, 3.8) is 0 Å². The molecule has 0 rings (SSSR count). The number of carboxylic acids is 1. The summed E-state index contributed by atoms with van der Waals surface area (Å²) in [7, 11) is 0. The van der Waals surface area contributed by atoms with Crippen molar-refractivity contribution in [2.24, 2.45) is 11.8 Å². The molecule has 2 unspecified atom stereocenters. The topological polar surface area (TPSA) is 66.4 Å². The molecule has 0 radical (unpaired) electrons. The molecule has 94 valence electrons. The van der Waals surface area contributed by atoms with E-state index < -0.39 is 11.5 Å². The Balaban J connectivity index is 4.66. The van der Waals surface area contributed by atoms with Gasteiger partial charge in [0.15, 0.2) is 0 Å². The van der Waals surface area contributed by atoms with Crippen LogP contribution in [0, 0.1) is 11.8 Å². The number of amides is 1. The van der Waals surface area contributed by atoms with Crippen molar-refractivity contribution in [1.29, 1.82) is 0 Å². The van der Waals surface area contributed by atoms with Crippen LogP contribution in [0.15, 0.2) is 0 Å². The van der Waals surface area contributed by atoms with Crippen molar-refractivity contribution in [1.82, 2.24) is 5.32 Å². The zero-order chi connectivity index (χ0) is 12.9. The van der Waals surface area contributed by atoms with Gasteiger partial charge in [0.2, 0.25) is 5.91 Å². The smallest absolute Gasteiger partial charge is 0.329 e. The summed E-state index contributed by atoms with van der Waals surface area (Å²) in [6.07, 6.45) is 1.69. The van der Waals surface area contributed by atoms with Crippen LogP contribution < -0.4 is 5.32 Å². The van der Waals surface area contributed by atoms with Crippen LogP contribution in [0.25, 0.3) is 0 Å². The third-order valence-electron chi connectivity index (χ3n) is 3.15. The van der Waals surface area contributed by atoms with E-state index in [4.69, 9.17) is 5.11 Å². The van der Waals surface area contributed by atoms with Crippen LogP contribution in [0.3, 0.4) is 0 Å². The molecule has 0 aromatic carbocycles. The molecule has 4 heteroatoms. The average molecular weight is 229 g/mol. The maximum Gasteiger partial charge on any atom is 0.329 e. The molecule has 1 amide bonds. The van der Waals surface area contributed by atoms with Crippen LogP contribution >= 0.6 is 0 Å². The Labute approximate surface area is 97.4 Å². The van der Waals surface area contributed by atoms with Gasteiger partial charge in [-0.3, -0.25) is 4.79 Å². The number of aliphatic carboxylic acids is 1. The van der Waals surface area contributed by atoms with Gasteiger partial charge >= 0.3 is 5.97 Å². The molecule has 0 aromatic heterocycles. The highest BCUT2D eigenvalue weighted by molar-refractivity contribution is 5.87. The van der Waals surface area contributed by atoms with E-state index in [1.165, 1.54) is 0 Å². The van der Waals surface area contributed by atoms with Crippen molar-refractivity contribution in [2.45, 2.75) is 53.0 Å². The molecule has 0 aromatic rings. The van der Waals surface area contributed by atoms with Crippen LogP contribution in [0.5, 0.6) is 0 Å². The maximum atomic E-state index is 11.8. The van der Waals surface area contributed by atoms with Gasteiger partial charge in [-0.15, -0.1) is 0 Å². The van der Waals surface area contributed by atoms with Gasteiger partial charge in [0.1, 0.15) is 5.54 Å².